The molecule has 2 bridgehead atoms. The normalized spacial score (nSPS) is 29.5. The molecule has 0 unspecified atom stereocenters. The van der Waals surface area contributed by atoms with E-state index in [0.29, 0.717) is 15.7 Å². The van der Waals surface area contributed by atoms with Crippen LogP contribution < -0.4 is 10.6 Å². The summed E-state index contributed by atoms with van der Waals surface area (Å²) < 4.78 is 6.44. The minimum atomic E-state index is -1.21. The molecule has 2 aromatic rings. The molecule has 1 saturated carbocycles. The summed E-state index contributed by atoms with van der Waals surface area (Å²) in [5, 5.41) is 7.26. The molecule has 204 valence electrons. The number of ether oxygens (including phenoxy) is 1. The van der Waals surface area contributed by atoms with E-state index in [2.05, 4.69) is 10.6 Å². The van der Waals surface area contributed by atoms with E-state index in [9.17, 15) is 14.4 Å². The van der Waals surface area contributed by atoms with Gasteiger partial charge in [-0.3, -0.25) is 14.4 Å². The van der Waals surface area contributed by atoms with Crippen molar-refractivity contribution in [3.05, 3.63) is 75.8 Å². The van der Waals surface area contributed by atoms with Gasteiger partial charge in [0.15, 0.2) is 0 Å². The topological polar surface area (TPSA) is 87.7 Å². The monoisotopic (exact) mass is 567 g/mol. The molecule has 1 spiro atoms. The number of rotatable bonds is 6. The highest BCUT2D eigenvalue weighted by atomic mass is 35.5. The molecule has 1 aliphatic carbocycles. The zero-order chi connectivity index (χ0) is 27.3. The fourth-order valence-electron chi connectivity index (χ4n) is 6.65. The second-order valence-electron chi connectivity index (χ2n) is 11.1. The molecule has 9 heteroatoms. The maximum absolute atomic E-state index is 14.1. The summed E-state index contributed by atoms with van der Waals surface area (Å²) in [5.74, 6) is -2.42. The van der Waals surface area contributed by atoms with Gasteiger partial charge in [0.05, 0.1) is 17.9 Å². The van der Waals surface area contributed by atoms with Gasteiger partial charge in [-0.1, -0.05) is 72.8 Å². The lowest BCUT2D eigenvalue weighted by atomic mass is 9.74. The summed E-state index contributed by atoms with van der Waals surface area (Å²) in [5.41, 5.74) is 1.08. The van der Waals surface area contributed by atoms with Crippen molar-refractivity contribution < 1.29 is 19.1 Å². The summed E-state index contributed by atoms with van der Waals surface area (Å²) in [6, 6.07) is 11.7. The lowest BCUT2D eigenvalue weighted by molar-refractivity contribution is -0.142. The number of nitrogens with zero attached hydrogens (tertiary/aromatic N) is 1. The van der Waals surface area contributed by atoms with Gasteiger partial charge in [-0.05, 0) is 55.2 Å². The van der Waals surface area contributed by atoms with Crippen LogP contribution in [0, 0.1) is 18.8 Å². The number of carbonyl (C=O) groups is 3. The number of anilines is 1. The van der Waals surface area contributed by atoms with Crippen molar-refractivity contribution in [2.45, 2.75) is 69.4 Å². The third-order valence-corrected chi connectivity index (χ3v) is 9.24. The number of nitrogens with one attached hydrogen (secondary N) is 2. The van der Waals surface area contributed by atoms with E-state index in [0.717, 1.165) is 36.8 Å². The molecule has 2 N–H and O–H groups in total. The highest BCUT2D eigenvalue weighted by Gasteiger charge is 2.72. The van der Waals surface area contributed by atoms with E-state index in [1.54, 1.807) is 29.2 Å². The van der Waals surface area contributed by atoms with Crippen molar-refractivity contribution in [3.63, 3.8) is 0 Å². The Kier molecular flexibility index (Phi) is 6.94. The summed E-state index contributed by atoms with van der Waals surface area (Å²) in [6.07, 6.45) is 8.21. The summed E-state index contributed by atoms with van der Waals surface area (Å²) >= 11 is 12.4. The third kappa shape index (κ3) is 4.64. The Morgan fingerprint density at radius 1 is 1.05 bits per heavy atom. The highest BCUT2D eigenvalue weighted by Crippen LogP contribution is 2.55. The van der Waals surface area contributed by atoms with E-state index >= 15 is 0 Å². The van der Waals surface area contributed by atoms with Gasteiger partial charge >= 0.3 is 0 Å². The Labute approximate surface area is 237 Å². The fraction of sp³-hybridized carbons (Fsp3) is 0.433. The van der Waals surface area contributed by atoms with E-state index in [-0.39, 0.29) is 30.3 Å². The Bertz CT molecular complexity index is 1340. The second kappa shape index (κ2) is 10.3. The fourth-order valence-corrected chi connectivity index (χ4v) is 6.95. The van der Waals surface area contributed by atoms with Crippen LogP contribution in [-0.4, -0.2) is 46.4 Å². The van der Waals surface area contributed by atoms with E-state index < -0.39 is 29.6 Å². The number of hydrogen-bond acceptors (Lipinski definition) is 4. The Morgan fingerprint density at radius 2 is 1.79 bits per heavy atom. The predicted molar refractivity (Wildman–Crippen MR) is 149 cm³/mol. The van der Waals surface area contributed by atoms with Crippen LogP contribution in [0.1, 0.15) is 43.2 Å². The van der Waals surface area contributed by atoms with Gasteiger partial charge in [0.1, 0.15) is 11.6 Å². The van der Waals surface area contributed by atoms with Crippen LogP contribution in [0.3, 0.4) is 0 Å². The zero-order valence-electron chi connectivity index (χ0n) is 21.7. The van der Waals surface area contributed by atoms with Crippen LogP contribution in [-0.2, 0) is 25.7 Å². The van der Waals surface area contributed by atoms with Crippen LogP contribution in [0.2, 0.25) is 10.0 Å². The number of hydrogen-bond donors (Lipinski definition) is 2. The van der Waals surface area contributed by atoms with E-state index in [1.807, 2.05) is 37.3 Å². The lowest BCUT2D eigenvalue weighted by Gasteiger charge is -2.34. The van der Waals surface area contributed by atoms with Crippen LogP contribution in [0.5, 0.6) is 0 Å². The van der Waals surface area contributed by atoms with Crippen LogP contribution in [0.4, 0.5) is 5.69 Å². The van der Waals surface area contributed by atoms with Crippen molar-refractivity contribution in [2.75, 3.05) is 5.32 Å². The van der Waals surface area contributed by atoms with Gasteiger partial charge in [0.2, 0.25) is 17.7 Å². The standard InChI is InChI=1S/C30H31Cl2N3O4/c1-17-7-12-21(15-22(17)32)34-27(36)24-23-13-14-30(39-23)25(24)29(38)35(16-18-8-10-19(31)11-9-18)26(30)28(37)33-20-5-3-2-4-6-20/h7-15,20,23-26H,2-6,16H2,1H3,(H,33,37)(H,34,36)/t23-,24-,25-,26-,30-/m1/s1. The third-order valence-electron chi connectivity index (χ3n) is 8.58. The number of fused-ring (bicyclic) bond motifs is 1. The molecule has 3 heterocycles. The SMILES string of the molecule is Cc1ccc(NC(=O)[C@@H]2[C@H]3C=C[C@@]4(O3)[C@H]2C(=O)N(Cc2ccc(Cl)cc2)[C@@H]4C(=O)NC2CCCCC2)cc1Cl. The maximum Gasteiger partial charge on any atom is 0.246 e. The van der Waals surface area contributed by atoms with Crippen LogP contribution >= 0.6 is 23.2 Å². The molecule has 6 rings (SSSR count). The zero-order valence-corrected chi connectivity index (χ0v) is 23.2. The first kappa shape index (κ1) is 26.4. The first-order chi connectivity index (χ1) is 18.8. The number of halogens is 2. The molecule has 4 aliphatic rings. The molecular weight excluding hydrogens is 537 g/mol. The minimum absolute atomic E-state index is 0.0714. The highest BCUT2D eigenvalue weighted by molar-refractivity contribution is 6.31. The van der Waals surface area contributed by atoms with E-state index in [4.69, 9.17) is 27.9 Å². The Balaban J connectivity index is 1.32. The molecular formula is C30H31Cl2N3O4. The number of likely N-dealkylation sites (tertiary alicyclic amines) is 1. The molecule has 3 fully saturated rings. The van der Waals surface area contributed by atoms with Crippen molar-refractivity contribution in [2.24, 2.45) is 11.8 Å². The molecule has 0 radical (unpaired) electrons. The van der Waals surface area contributed by atoms with Crippen LogP contribution in [0.25, 0.3) is 0 Å². The van der Waals surface area contributed by atoms with E-state index in [1.165, 1.54) is 6.42 Å². The number of carbonyl (C=O) groups excluding carboxylic acids is 3. The summed E-state index contributed by atoms with van der Waals surface area (Å²) in [6.45, 7) is 2.10. The smallest absolute Gasteiger partial charge is 0.246 e. The second-order valence-corrected chi connectivity index (χ2v) is 11.9. The molecule has 5 atom stereocenters. The summed E-state index contributed by atoms with van der Waals surface area (Å²) in [7, 11) is 0. The largest absolute Gasteiger partial charge is 0.359 e. The molecule has 0 aromatic heterocycles. The van der Waals surface area contributed by atoms with Crippen molar-refractivity contribution in [1.29, 1.82) is 0 Å². The van der Waals surface area contributed by atoms with Crippen molar-refractivity contribution >= 4 is 46.6 Å². The average Bonchev–Trinajstić information content (AvgIpc) is 3.56. The predicted octanol–water partition coefficient (Wildman–Crippen LogP) is 5.04. The molecule has 3 amide bonds. The van der Waals surface area contributed by atoms with Gasteiger partial charge in [-0.25, -0.2) is 0 Å². The lowest BCUT2D eigenvalue weighted by Crippen LogP contribution is -2.56. The van der Waals surface area contributed by atoms with Gasteiger partial charge in [0.25, 0.3) is 0 Å². The van der Waals surface area contributed by atoms with Gasteiger partial charge in [0, 0.05) is 28.3 Å². The minimum Gasteiger partial charge on any atom is -0.359 e. The number of amides is 3. The quantitative estimate of drug-likeness (QED) is 0.478. The molecule has 7 nitrogen and oxygen atoms in total. The molecule has 2 saturated heterocycles. The maximum atomic E-state index is 14.1. The van der Waals surface area contributed by atoms with Gasteiger partial charge in [-0.15, -0.1) is 0 Å². The Hall–Kier alpha value is -2.87. The van der Waals surface area contributed by atoms with Gasteiger partial charge < -0.3 is 20.3 Å². The average molecular weight is 569 g/mol. The molecule has 2 aromatic carbocycles. The first-order valence-electron chi connectivity index (χ1n) is 13.6. The number of aryl methyl sites for hydroxylation is 1. The first-order valence-corrected chi connectivity index (χ1v) is 14.3. The van der Waals surface area contributed by atoms with Gasteiger partial charge in [-0.2, -0.15) is 0 Å². The Morgan fingerprint density at radius 3 is 2.51 bits per heavy atom. The summed E-state index contributed by atoms with van der Waals surface area (Å²) in [4.78, 5) is 43.3. The van der Waals surface area contributed by atoms with Crippen molar-refractivity contribution in [1.82, 2.24) is 10.2 Å². The molecule has 3 aliphatic heterocycles. The van der Waals surface area contributed by atoms with Crippen molar-refractivity contribution in [3.8, 4) is 0 Å². The molecule has 39 heavy (non-hydrogen) atoms. The number of benzene rings is 2. The van der Waals surface area contributed by atoms with Crippen LogP contribution in [0.15, 0.2) is 54.6 Å².